The molecule has 0 atom stereocenters. The van der Waals surface area contributed by atoms with Gasteiger partial charge >= 0.3 is 5.97 Å². The number of aryl methyl sites for hydroxylation is 1. The Bertz CT molecular complexity index is 659. The Balaban J connectivity index is 2.06. The number of thiophene rings is 1. The van der Waals surface area contributed by atoms with Gasteiger partial charge in [0.2, 0.25) is 5.91 Å². The highest BCUT2D eigenvalue weighted by Gasteiger charge is 2.24. The Morgan fingerprint density at radius 3 is 2.52 bits per heavy atom. The van der Waals surface area contributed by atoms with Gasteiger partial charge in [-0.2, -0.15) is 0 Å². The third-order valence-corrected chi connectivity index (χ3v) is 6.33. The third kappa shape index (κ3) is 3.60. The van der Waals surface area contributed by atoms with E-state index in [9.17, 15) is 18.0 Å². The van der Waals surface area contributed by atoms with E-state index in [0.29, 0.717) is 30.0 Å². The lowest BCUT2D eigenvalue weighted by atomic mass is 10.3. The van der Waals surface area contributed by atoms with E-state index in [0.717, 1.165) is 12.8 Å². The SMILES string of the molecule is Cc1cc(S(=O)(=O)NCC(=O)N2CCCC2)sc1C(=O)O. The summed E-state index contributed by atoms with van der Waals surface area (Å²) >= 11 is 0.684. The molecule has 0 radical (unpaired) electrons. The van der Waals surface area contributed by atoms with Gasteiger partial charge in [0, 0.05) is 13.1 Å². The number of likely N-dealkylation sites (tertiary alicyclic amines) is 1. The van der Waals surface area contributed by atoms with Crippen molar-refractivity contribution in [1.29, 1.82) is 0 Å². The molecule has 2 N–H and O–H groups in total. The number of carbonyl (C=O) groups is 2. The number of carboxylic acids is 1. The lowest BCUT2D eigenvalue weighted by Gasteiger charge is -2.15. The fourth-order valence-electron chi connectivity index (χ4n) is 2.10. The second kappa shape index (κ2) is 6.12. The minimum atomic E-state index is -3.86. The lowest BCUT2D eigenvalue weighted by Crippen LogP contribution is -2.38. The van der Waals surface area contributed by atoms with Crippen LogP contribution in [0.3, 0.4) is 0 Å². The van der Waals surface area contributed by atoms with E-state index >= 15 is 0 Å². The third-order valence-electron chi connectivity index (χ3n) is 3.23. The molecule has 0 aliphatic carbocycles. The summed E-state index contributed by atoms with van der Waals surface area (Å²) in [6.07, 6.45) is 1.87. The monoisotopic (exact) mass is 332 g/mol. The first-order valence-corrected chi connectivity index (χ1v) is 8.72. The Kier molecular flexibility index (Phi) is 4.64. The number of aromatic carboxylic acids is 1. The van der Waals surface area contributed by atoms with Gasteiger partial charge in [0.1, 0.15) is 9.09 Å². The van der Waals surface area contributed by atoms with Crippen molar-refractivity contribution in [1.82, 2.24) is 9.62 Å². The van der Waals surface area contributed by atoms with Crippen LogP contribution in [0, 0.1) is 6.92 Å². The van der Waals surface area contributed by atoms with E-state index in [1.807, 2.05) is 0 Å². The van der Waals surface area contributed by atoms with E-state index < -0.39 is 16.0 Å². The van der Waals surface area contributed by atoms with Crippen LogP contribution in [0.25, 0.3) is 0 Å². The molecule has 2 rings (SSSR count). The van der Waals surface area contributed by atoms with Crippen LogP contribution in [-0.2, 0) is 14.8 Å². The second-order valence-corrected chi connectivity index (χ2v) is 7.84. The number of hydrogen-bond donors (Lipinski definition) is 2. The van der Waals surface area contributed by atoms with Gasteiger partial charge < -0.3 is 10.0 Å². The number of amides is 1. The van der Waals surface area contributed by atoms with Crippen LogP contribution >= 0.6 is 11.3 Å². The number of carbonyl (C=O) groups excluding carboxylic acids is 1. The Morgan fingerprint density at radius 1 is 1.38 bits per heavy atom. The zero-order chi connectivity index (χ0) is 15.6. The van der Waals surface area contributed by atoms with E-state index in [4.69, 9.17) is 5.11 Å². The van der Waals surface area contributed by atoms with Crippen LogP contribution in [0.15, 0.2) is 10.3 Å². The van der Waals surface area contributed by atoms with Crippen molar-refractivity contribution in [3.63, 3.8) is 0 Å². The molecule has 0 saturated carbocycles. The molecule has 0 aromatic carbocycles. The zero-order valence-corrected chi connectivity index (χ0v) is 13.1. The maximum absolute atomic E-state index is 12.1. The number of rotatable bonds is 5. The molecule has 0 bridgehead atoms. The summed E-state index contributed by atoms with van der Waals surface area (Å²) in [4.78, 5) is 24.4. The molecule has 9 heteroatoms. The highest BCUT2D eigenvalue weighted by atomic mass is 32.2. The molecule has 1 aromatic heterocycles. The summed E-state index contributed by atoms with van der Waals surface area (Å²) < 4.78 is 26.3. The average Bonchev–Trinajstić information content (AvgIpc) is 3.05. The van der Waals surface area contributed by atoms with Crippen LogP contribution in [0.1, 0.15) is 28.1 Å². The fourth-order valence-corrected chi connectivity index (χ4v) is 4.50. The fraction of sp³-hybridized carbons (Fsp3) is 0.500. The normalized spacial score (nSPS) is 15.4. The summed E-state index contributed by atoms with van der Waals surface area (Å²) in [5.41, 5.74) is 0.388. The summed E-state index contributed by atoms with van der Waals surface area (Å²) in [5, 5.41) is 8.94. The summed E-state index contributed by atoms with van der Waals surface area (Å²) in [6, 6.07) is 1.30. The average molecular weight is 332 g/mol. The van der Waals surface area contributed by atoms with Crippen LogP contribution in [0.2, 0.25) is 0 Å². The molecule has 2 heterocycles. The standard InChI is InChI=1S/C12H16N2O5S2/c1-8-6-10(20-11(8)12(16)17)21(18,19)13-7-9(15)14-4-2-3-5-14/h6,13H,2-5,7H2,1H3,(H,16,17). The summed E-state index contributed by atoms with van der Waals surface area (Å²) in [5.74, 6) is -1.42. The van der Waals surface area contributed by atoms with Crippen molar-refractivity contribution in [3.05, 3.63) is 16.5 Å². The zero-order valence-electron chi connectivity index (χ0n) is 11.5. The van der Waals surface area contributed by atoms with Crippen molar-refractivity contribution in [2.24, 2.45) is 0 Å². The van der Waals surface area contributed by atoms with Gasteiger partial charge in [-0.25, -0.2) is 17.9 Å². The van der Waals surface area contributed by atoms with Crippen molar-refractivity contribution >= 4 is 33.2 Å². The van der Waals surface area contributed by atoms with Crippen molar-refractivity contribution in [3.8, 4) is 0 Å². The van der Waals surface area contributed by atoms with Crippen molar-refractivity contribution in [2.45, 2.75) is 24.0 Å². The van der Waals surface area contributed by atoms with Gasteiger partial charge in [-0.05, 0) is 31.4 Å². The maximum Gasteiger partial charge on any atom is 0.346 e. The highest BCUT2D eigenvalue weighted by molar-refractivity contribution is 7.91. The van der Waals surface area contributed by atoms with Crippen molar-refractivity contribution in [2.75, 3.05) is 19.6 Å². The molecule has 116 valence electrons. The Labute approximate surface area is 126 Å². The molecule has 1 aromatic rings. The van der Waals surface area contributed by atoms with Crippen molar-refractivity contribution < 1.29 is 23.1 Å². The summed E-state index contributed by atoms with van der Waals surface area (Å²) in [7, 11) is -3.86. The highest BCUT2D eigenvalue weighted by Crippen LogP contribution is 2.25. The Hall–Kier alpha value is -1.45. The second-order valence-electron chi connectivity index (χ2n) is 4.80. The summed E-state index contributed by atoms with van der Waals surface area (Å²) in [6.45, 7) is 2.54. The number of nitrogens with one attached hydrogen (secondary N) is 1. The molecule has 1 saturated heterocycles. The number of carboxylic acid groups (broad SMARTS) is 1. The minimum Gasteiger partial charge on any atom is -0.477 e. The van der Waals surface area contributed by atoms with Gasteiger partial charge in [0.25, 0.3) is 10.0 Å². The van der Waals surface area contributed by atoms with Crippen LogP contribution in [0.4, 0.5) is 0 Å². The van der Waals surface area contributed by atoms with Crippen LogP contribution < -0.4 is 4.72 Å². The molecule has 1 aliphatic rings. The van der Waals surface area contributed by atoms with Gasteiger partial charge in [0.15, 0.2) is 0 Å². The first kappa shape index (κ1) is 15.9. The van der Waals surface area contributed by atoms with E-state index in [-0.39, 0.29) is 21.5 Å². The van der Waals surface area contributed by atoms with Crippen LogP contribution in [0.5, 0.6) is 0 Å². The largest absolute Gasteiger partial charge is 0.477 e. The van der Waals surface area contributed by atoms with Gasteiger partial charge in [-0.15, -0.1) is 11.3 Å². The molecule has 1 aliphatic heterocycles. The molecule has 0 unspecified atom stereocenters. The maximum atomic E-state index is 12.1. The molecule has 21 heavy (non-hydrogen) atoms. The smallest absolute Gasteiger partial charge is 0.346 e. The molecule has 1 amide bonds. The van der Waals surface area contributed by atoms with Gasteiger partial charge in [-0.3, -0.25) is 4.79 Å². The first-order valence-electron chi connectivity index (χ1n) is 6.42. The molecular formula is C12H16N2O5S2. The quantitative estimate of drug-likeness (QED) is 0.824. The topological polar surface area (TPSA) is 104 Å². The predicted molar refractivity (Wildman–Crippen MR) is 77.0 cm³/mol. The molecular weight excluding hydrogens is 316 g/mol. The lowest BCUT2D eigenvalue weighted by molar-refractivity contribution is -0.128. The molecule has 1 fully saturated rings. The molecule has 0 spiro atoms. The van der Waals surface area contributed by atoms with Crippen LogP contribution in [-0.4, -0.2) is 49.9 Å². The Morgan fingerprint density at radius 2 is 2.00 bits per heavy atom. The van der Waals surface area contributed by atoms with E-state index in [1.54, 1.807) is 4.90 Å². The predicted octanol–water partition coefficient (Wildman–Crippen LogP) is 0.655. The number of nitrogens with zero attached hydrogens (tertiary/aromatic N) is 1. The van der Waals surface area contributed by atoms with E-state index in [2.05, 4.69) is 4.72 Å². The first-order chi connectivity index (χ1) is 9.81. The van der Waals surface area contributed by atoms with Gasteiger partial charge in [-0.1, -0.05) is 0 Å². The number of sulfonamides is 1. The molecule has 7 nitrogen and oxygen atoms in total. The van der Waals surface area contributed by atoms with E-state index in [1.165, 1.54) is 13.0 Å². The minimum absolute atomic E-state index is 0.0127. The number of hydrogen-bond acceptors (Lipinski definition) is 5. The van der Waals surface area contributed by atoms with Gasteiger partial charge in [0.05, 0.1) is 6.54 Å².